The van der Waals surface area contributed by atoms with Gasteiger partial charge in [-0.15, -0.1) is 0 Å². The minimum absolute atomic E-state index is 0.00137. The smallest absolute Gasteiger partial charge is 0.228 e. The van der Waals surface area contributed by atoms with Crippen molar-refractivity contribution in [2.24, 2.45) is 11.8 Å². The summed E-state index contributed by atoms with van der Waals surface area (Å²) in [5.74, 6) is 0.831. The van der Waals surface area contributed by atoms with Crippen LogP contribution in [0.3, 0.4) is 0 Å². The van der Waals surface area contributed by atoms with Gasteiger partial charge in [0.2, 0.25) is 5.91 Å². The molecule has 1 saturated carbocycles. The van der Waals surface area contributed by atoms with Gasteiger partial charge in [0.05, 0.1) is 11.0 Å². The molecule has 0 radical (unpaired) electrons. The van der Waals surface area contributed by atoms with Gasteiger partial charge in [0.15, 0.2) is 11.0 Å². The summed E-state index contributed by atoms with van der Waals surface area (Å²) in [5.41, 5.74) is 1.46. The number of para-hydroxylation sites is 2. The van der Waals surface area contributed by atoms with Crippen LogP contribution >= 0.6 is 11.6 Å². The van der Waals surface area contributed by atoms with E-state index in [9.17, 15) is 4.79 Å². The number of nitrogens with zero attached hydrogens (tertiary/aromatic N) is 2. The van der Waals surface area contributed by atoms with Gasteiger partial charge in [-0.25, -0.2) is 9.97 Å². The molecule has 0 saturated heterocycles. The molecule has 1 aliphatic rings. The lowest BCUT2D eigenvalue weighted by Crippen LogP contribution is -2.25. The molecule has 104 valence electrons. The van der Waals surface area contributed by atoms with Crippen molar-refractivity contribution in [2.45, 2.75) is 26.2 Å². The van der Waals surface area contributed by atoms with Crippen LogP contribution in [0, 0.1) is 11.8 Å². The van der Waals surface area contributed by atoms with Gasteiger partial charge < -0.3 is 5.32 Å². The lowest BCUT2D eigenvalue weighted by molar-refractivity contribution is -0.120. The highest BCUT2D eigenvalue weighted by Crippen LogP contribution is 2.32. The summed E-state index contributed by atoms with van der Waals surface area (Å²) in [4.78, 5) is 20.9. The molecule has 0 bridgehead atoms. The van der Waals surface area contributed by atoms with E-state index in [1.54, 1.807) is 0 Å². The highest BCUT2D eigenvalue weighted by molar-refractivity contribution is 6.32. The van der Waals surface area contributed by atoms with Crippen LogP contribution in [-0.4, -0.2) is 15.9 Å². The normalized spacial score (nSPS) is 22.1. The van der Waals surface area contributed by atoms with Crippen molar-refractivity contribution in [3.63, 3.8) is 0 Å². The van der Waals surface area contributed by atoms with Crippen LogP contribution < -0.4 is 5.32 Å². The molecule has 0 aliphatic heterocycles. The van der Waals surface area contributed by atoms with E-state index in [2.05, 4.69) is 22.2 Å². The third-order valence-corrected chi connectivity index (χ3v) is 4.23. The first-order valence-corrected chi connectivity index (χ1v) is 7.26. The first kappa shape index (κ1) is 13.3. The van der Waals surface area contributed by atoms with Crippen molar-refractivity contribution in [3.8, 4) is 0 Å². The molecule has 1 N–H and O–H groups in total. The second-order valence-electron chi connectivity index (χ2n) is 5.36. The summed E-state index contributed by atoms with van der Waals surface area (Å²) >= 11 is 6.10. The van der Waals surface area contributed by atoms with E-state index in [0.717, 1.165) is 30.3 Å². The van der Waals surface area contributed by atoms with E-state index in [1.807, 2.05) is 24.3 Å². The SMILES string of the molecule is CC1CCCC1C(=O)Nc1nc2ccccc2nc1Cl. The Labute approximate surface area is 122 Å². The maximum absolute atomic E-state index is 12.3. The second kappa shape index (κ2) is 5.37. The average molecular weight is 290 g/mol. The van der Waals surface area contributed by atoms with Crippen LogP contribution in [-0.2, 0) is 4.79 Å². The van der Waals surface area contributed by atoms with Gasteiger partial charge in [0.25, 0.3) is 0 Å². The topological polar surface area (TPSA) is 54.9 Å². The quantitative estimate of drug-likeness (QED) is 0.918. The molecule has 1 aromatic heterocycles. The Morgan fingerprint density at radius 1 is 1.25 bits per heavy atom. The summed E-state index contributed by atoms with van der Waals surface area (Å²) in [6.45, 7) is 2.12. The van der Waals surface area contributed by atoms with Gasteiger partial charge in [0, 0.05) is 5.92 Å². The van der Waals surface area contributed by atoms with Crippen LogP contribution in [0.1, 0.15) is 26.2 Å². The van der Waals surface area contributed by atoms with Crippen molar-refractivity contribution in [3.05, 3.63) is 29.4 Å². The number of halogens is 1. The Hall–Kier alpha value is -1.68. The molecule has 1 fully saturated rings. The Kier molecular flexibility index (Phi) is 3.57. The maximum Gasteiger partial charge on any atom is 0.228 e. The van der Waals surface area contributed by atoms with E-state index in [4.69, 9.17) is 11.6 Å². The monoisotopic (exact) mass is 289 g/mol. The molecule has 3 rings (SSSR count). The molecular weight excluding hydrogens is 274 g/mol. The minimum atomic E-state index is 0.00137. The van der Waals surface area contributed by atoms with Gasteiger partial charge in [0.1, 0.15) is 0 Å². The number of benzene rings is 1. The molecular formula is C15H16ClN3O. The lowest BCUT2D eigenvalue weighted by atomic mass is 9.97. The molecule has 5 heteroatoms. The van der Waals surface area contributed by atoms with Crippen molar-refractivity contribution in [1.82, 2.24) is 9.97 Å². The number of carbonyl (C=O) groups is 1. The van der Waals surface area contributed by atoms with Crippen molar-refractivity contribution in [2.75, 3.05) is 5.32 Å². The van der Waals surface area contributed by atoms with E-state index in [-0.39, 0.29) is 17.0 Å². The number of carbonyl (C=O) groups excluding carboxylic acids is 1. The Bertz CT molecular complexity index is 659. The highest BCUT2D eigenvalue weighted by atomic mass is 35.5. The number of rotatable bonds is 2. The number of aromatic nitrogens is 2. The van der Waals surface area contributed by atoms with Crippen LogP contribution in [0.4, 0.5) is 5.82 Å². The molecule has 2 atom stereocenters. The fourth-order valence-electron chi connectivity index (χ4n) is 2.80. The molecule has 1 aromatic carbocycles. The predicted molar refractivity (Wildman–Crippen MR) is 79.7 cm³/mol. The van der Waals surface area contributed by atoms with E-state index in [0.29, 0.717) is 11.7 Å². The van der Waals surface area contributed by atoms with Gasteiger partial charge in [-0.05, 0) is 30.9 Å². The van der Waals surface area contributed by atoms with Gasteiger partial charge >= 0.3 is 0 Å². The lowest BCUT2D eigenvalue weighted by Gasteiger charge is -2.15. The van der Waals surface area contributed by atoms with Crippen LogP contribution in [0.2, 0.25) is 5.15 Å². The number of fused-ring (bicyclic) bond motifs is 1. The Morgan fingerprint density at radius 2 is 1.95 bits per heavy atom. The molecule has 0 spiro atoms. The van der Waals surface area contributed by atoms with Gasteiger partial charge in [-0.2, -0.15) is 0 Å². The molecule has 2 unspecified atom stereocenters. The van der Waals surface area contributed by atoms with Crippen LogP contribution in [0.25, 0.3) is 11.0 Å². The first-order chi connectivity index (χ1) is 9.65. The average Bonchev–Trinajstić information content (AvgIpc) is 2.86. The third-order valence-electron chi connectivity index (χ3n) is 3.97. The number of hydrogen-bond acceptors (Lipinski definition) is 3. The molecule has 1 aliphatic carbocycles. The fraction of sp³-hybridized carbons (Fsp3) is 0.400. The Morgan fingerprint density at radius 3 is 2.60 bits per heavy atom. The van der Waals surface area contributed by atoms with E-state index >= 15 is 0 Å². The molecule has 4 nitrogen and oxygen atoms in total. The number of anilines is 1. The minimum Gasteiger partial charge on any atom is -0.308 e. The zero-order valence-electron chi connectivity index (χ0n) is 11.3. The Balaban J connectivity index is 1.86. The fourth-order valence-corrected chi connectivity index (χ4v) is 2.98. The van der Waals surface area contributed by atoms with Crippen molar-refractivity contribution < 1.29 is 4.79 Å². The second-order valence-corrected chi connectivity index (χ2v) is 5.71. The zero-order valence-corrected chi connectivity index (χ0v) is 12.0. The summed E-state index contributed by atoms with van der Waals surface area (Å²) in [7, 11) is 0. The standard InChI is InChI=1S/C15H16ClN3O/c1-9-5-4-6-10(9)15(20)19-14-13(16)17-11-7-2-3-8-12(11)18-14/h2-3,7-10H,4-6H2,1H3,(H,18,19,20). The largest absolute Gasteiger partial charge is 0.308 e. The summed E-state index contributed by atoms with van der Waals surface area (Å²) in [6.07, 6.45) is 3.15. The number of nitrogens with one attached hydrogen (secondary N) is 1. The predicted octanol–water partition coefficient (Wildman–Crippen LogP) is 3.66. The number of amides is 1. The molecule has 1 heterocycles. The first-order valence-electron chi connectivity index (χ1n) is 6.88. The summed E-state index contributed by atoms with van der Waals surface area (Å²) < 4.78 is 0. The van der Waals surface area contributed by atoms with Gasteiger partial charge in [-0.3, -0.25) is 4.79 Å². The molecule has 2 aromatic rings. The van der Waals surface area contributed by atoms with Crippen LogP contribution in [0.5, 0.6) is 0 Å². The van der Waals surface area contributed by atoms with Crippen LogP contribution in [0.15, 0.2) is 24.3 Å². The summed E-state index contributed by atoms with van der Waals surface area (Å²) in [6, 6.07) is 7.47. The van der Waals surface area contributed by atoms with E-state index < -0.39 is 0 Å². The maximum atomic E-state index is 12.3. The zero-order chi connectivity index (χ0) is 14.1. The summed E-state index contributed by atoms with van der Waals surface area (Å²) in [5, 5.41) is 3.07. The molecule has 20 heavy (non-hydrogen) atoms. The van der Waals surface area contributed by atoms with Gasteiger partial charge in [-0.1, -0.05) is 37.1 Å². The van der Waals surface area contributed by atoms with Crippen molar-refractivity contribution in [1.29, 1.82) is 0 Å². The number of hydrogen-bond donors (Lipinski definition) is 1. The van der Waals surface area contributed by atoms with E-state index in [1.165, 1.54) is 0 Å². The molecule has 1 amide bonds. The van der Waals surface area contributed by atoms with Crippen molar-refractivity contribution >= 4 is 34.4 Å². The third kappa shape index (κ3) is 2.48. The highest BCUT2D eigenvalue weighted by Gasteiger charge is 2.30.